The van der Waals surface area contributed by atoms with E-state index in [0.717, 1.165) is 22.3 Å². The predicted octanol–water partition coefficient (Wildman–Crippen LogP) is 4.42. The van der Waals surface area contributed by atoms with Crippen molar-refractivity contribution < 1.29 is 8.78 Å². The van der Waals surface area contributed by atoms with E-state index < -0.39 is 5.92 Å². The molecule has 0 radical (unpaired) electrons. The van der Waals surface area contributed by atoms with Crippen LogP contribution in [0.1, 0.15) is 41.2 Å². The largest absolute Gasteiger partial charge is 0.273 e. The monoisotopic (exact) mass is 212 g/mol. The van der Waals surface area contributed by atoms with E-state index in [2.05, 4.69) is 0 Å². The lowest BCUT2D eigenvalue weighted by molar-refractivity contribution is -0.00963. The first kappa shape index (κ1) is 12.2. The van der Waals surface area contributed by atoms with Gasteiger partial charge in [-0.15, -0.1) is 0 Å². The van der Waals surface area contributed by atoms with Crippen molar-refractivity contribution >= 4 is 0 Å². The maximum absolute atomic E-state index is 13.8. The topological polar surface area (TPSA) is 0 Å². The van der Waals surface area contributed by atoms with Gasteiger partial charge < -0.3 is 0 Å². The Kier molecular flexibility index (Phi) is 3.17. The minimum atomic E-state index is -2.70. The molecule has 0 amide bonds. The Morgan fingerprint density at radius 2 is 1.40 bits per heavy atom. The molecule has 84 valence electrons. The first-order valence-electron chi connectivity index (χ1n) is 5.27. The molecule has 0 atom stereocenters. The first-order chi connectivity index (χ1) is 6.81. The number of hydrogen-bond acceptors (Lipinski definition) is 0. The van der Waals surface area contributed by atoms with E-state index >= 15 is 0 Å². The highest BCUT2D eigenvalue weighted by molar-refractivity contribution is 5.46. The summed E-state index contributed by atoms with van der Waals surface area (Å²) in [7, 11) is 0. The summed E-state index contributed by atoms with van der Waals surface area (Å²) in [5, 5.41) is 0. The highest BCUT2D eigenvalue weighted by Crippen LogP contribution is 2.37. The van der Waals surface area contributed by atoms with Crippen molar-refractivity contribution in [2.45, 2.75) is 47.0 Å². The van der Waals surface area contributed by atoms with Gasteiger partial charge in [-0.3, -0.25) is 0 Å². The van der Waals surface area contributed by atoms with Crippen LogP contribution in [0.5, 0.6) is 0 Å². The summed E-state index contributed by atoms with van der Waals surface area (Å²) >= 11 is 0. The van der Waals surface area contributed by atoms with Gasteiger partial charge in [0, 0.05) is 12.0 Å². The molecule has 0 fully saturated rings. The minimum Gasteiger partial charge on any atom is -0.201 e. The van der Waals surface area contributed by atoms with Gasteiger partial charge in [-0.05, 0) is 49.9 Å². The van der Waals surface area contributed by atoms with Crippen molar-refractivity contribution in [2.24, 2.45) is 0 Å². The first-order valence-corrected chi connectivity index (χ1v) is 5.27. The molecule has 0 heterocycles. The lowest BCUT2D eigenvalue weighted by Gasteiger charge is -2.22. The van der Waals surface area contributed by atoms with Crippen LogP contribution in [-0.4, -0.2) is 0 Å². The fourth-order valence-corrected chi connectivity index (χ4v) is 1.94. The maximum atomic E-state index is 13.8. The smallest absolute Gasteiger partial charge is 0.201 e. The summed E-state index contributed by atoms with van der Waals surface area (Å²) in [6.07, 6.45) is -0.141. The van der Waals surface area contributed by atoms with E-state index in [0.29, 0.717) is 0 Å². The van der Waals surface area contributed by atoms with E-state index in [4.69, 9.17) is 0 Å². The van der Waals surface area contributed by atoms with Crippen LogP contribution in [0.15, 0.2) is 6.07 Å². The standard InChI is InChI=1S/C13H18F2/c1-6-13(14,15)12-10(4)8(2)7-9(3)11(12)5/h7H,6H2,1-5H3. The van der Waals surface area contributed by atoms with Gasteiger partial charge in [0.1, 0.15) is 0 Å². The molecule has 0 nitrogen and oxygen atoms in total. The van der Waals surface area contributed by atoms with Crippen molar-refractivity contribution in [3.63, 3.8) is 0 Å². The van der Waals surface area contributed by atoms with Crippen LogP contribution in [0.3, 0.4) is 0 Å². The van der Waals surface area contributed by atoms with Crippen molar-refractivity contribution in [2.75, 3.05) is 0 Å². The van der Waals surface area contributed by atoms with Crippen LogP contribution in [0.4, 0.5) is 8.78 Å². The van der Waals surface area contributed by atoms with Crippen molar-refractivity contribution in [3.8, 4) is 0 Å². The molecule has 0 bridgehead atoms. The Hall–Kier alpha value is -0.920. The van der Waals surface area contributed by atoms with Gasteiger partial charge in [0.2, 0.25) is 0 Å². The fraction of sp³-hybridized carbons (Fsp3) is 0.538. The molecular formula is C13H18F2. The molecular weight excluding hydrogens is 194 g/mol. The molecule has 0 aliphatic rings. The Morgan fingerprint density at radius 3 is 1.73 bits per heavy atom. The molecule has 0 spiro atoms. The molecule has 0 aliphatic carbocycles. The molecule has 1 rings (SSSR count). The van der Waals surface area contributed by atoms with Gasteiger partial charge in [0.05, 0.1) is 0 Å². The maximum Gasteiger partial charge on any atom is 0.273 e. The van der Waals surface area contributed by atoms with Crippen LogP contribution in [-0.2, 0) is 5.92 Å². The molecule has 0 aromatic heterocycles. The van der Waals surface area contributed by atoms with E-state index in [-0.39, 0.29) is 12.0 Å². The zero-order chi connectivity index (χ0) is 11.8. The van der Waals surface area contributed by atoms with Crippen LogP contribution >= 0.6 is 0 Å². The molecule has 2 heteroatoms. The van der Waals surface area contributed by atoms with Gasteiger partial charge in [-0.1, -0.05) is 13.0 Å². The van der Waals surface area contributed by atoms with Gasteiger partial charge in [-0.25, -0.2) is 8.78 Å². The Balaban J connectivity index is 3.53. The number of hydrogen-bond donors (Lipinski definition) is 0. The summed E-state index contributed by atoms with van der Waals surface area (Å²) in [6.45, 7) is 8.85. The molecule has 0 saturated carbocycles. The van der Waals surface area contributed by atoms with Gasteiger partial charge in [-0.2, -0.15) is 0 Å². The van der Waals surface area contributed by atoms with E-state index in [1.807, 2.05) is 19.9 Å². The molecule has 0 aliphatic heterocycles. The second-order valence-corrected chi connectivity index (χ2v) is 4.19. The lowest BCUT2D eigenvalue weighted by Crippen LogP contribution is -2.17. The summed E-state index contributed by atoms with van der Waals surface area (Å²) in [5.41, 5.74) is 3.57. The molecule has 0 saturated heterocycles. The van der Waals surface area contributed by atoms with E-state index in [1.165, 1.54) is 6.92 Å². The number of aryl methyl sites for hydroxylation is 2. The van der Waals surface area contributed by atoms with Crippen LogP contribution < -0.4 is 0 Å². The van der Waals surface area contributed by atoms with E-state index in [9.17, 15) is 8.78 Å². The summed E-state index contributed by atoms with van der Waals surface area (Å²) in [5.74, 6) is -2.70. The van der Waals surface area contributed by atoms with Crippen molar-refractivity contribution in [1.82, 2.24) is 0 Å². The van der Waals surface area contributed by atoms with Crippen LogP contribution in [0, 0.1) is 27.7 Å². The molecule has 0 N–H and O–H groups in total. The summed E-state index contributed by atoms with van der Waals surface area (Å²) in [6, 6.07) is 1.97. The average Bonchev–Trinajstić information content (AvgIpc) is 2.15. The molecule has 1 aromatic carbocycles. The van der Waals surface area contributed by atoms with Crippen LogP contribution in [0.2, 0.25) is 0 Å². The normalized spacial score (nSPS) is 11.9. The third-order valence-electron chi connectivity index (χ3n) is 3.18. The van der Waals surface area contributed by atoms with Gasteiger partial charge in [0.15, 0.2) is 0 Å². The Morgan fingerprint density at radius 1 is 1.00 bits per heavy atom. The highest BCUT2D eigenvalue weighted by Gasteiger charge is 2.33. The fourth-order valence-electron chi connectivity index (χ4n) is 1.94. The molecule has 0 unspecified atom stereocenters. The summed E-state index contributed by atoms with van der Waals surface area (Å²) < 4.78 is 27.5. The van der Waals surface area contributed by atoms with Crippen molar-refractivity contribution in [1.29, 1.82) is 0 Å². The second kappa shape index (κ2) is 3.92. The van der Waals surface area contributed by atoms with Gasteiger partial charge >= 0.3 is 0 Å². The lowest BCUT2D eigenvalue weighted by atomic mass is 9.89. The summed E-state index contributed by atoms with van der Waals surface area (Å²) in [4.78, 5) is 0. The quantitative estimate of drug-likeness (QED) is 0.680. The number of benzene rings is 1. The average molecular weight is 212 g/mol. The van der Waals surface area contributed by atoms with Crippen molar-refractivity contribution in [3.05, 3.63) is 33.9 Å². The SMILES string of the molecule is CCC(F)(F)c1c(C)c(C)cc(C)c1C. The number of halogens is 2. The van der Waals surface area contributed by atoms with Gasteiger partial charge in [0.25, 0.3) is 5.92 Å². The zero-order valence-electron chi connectivity index (χ0n) is 10.0. The Bertz CT molecular complexity index is 352. The number of rotatable bonds is 2. The van der Waals surface area contributed by atoms with E-state index in [1.54, 1.807) is 13.8 Å². The highest BCUT2D eigenvalue weighted by atomic mass is 19.3. The predicted molar refractivity (Wildman–Crippen MR) is 59.6 cm³/mol. The third kappa shape index (κ3) is 2.04. The second-order valence-electron chi connectivity index (χ2n) is 4.19. The number of alkyl halides is 2. The third-order valence-corrected chi connectivity index (χ3v) is 3.18. The zero-order valence-corrected chi connectivity index (χ0v) is 10.0. The minimum absolute atomic E-state index is 0.141. The van der Waals surface area contributed by atoms with Crippen LogP contribution in [0.25, 0.3) is 0 Å². The molecule has 1 aromatic rings. The Labute approximate surface area is 90.3 Å². The molecule has 15 heavy (non-hydrogen) atoms.